The van der Waals surface area contributed by atoms with Crippen molar-refractivity contribution in [1.82, 2.24) is 0 Å². The van der Waals surface area contributed by atoms with E-state index < -0.39 is 6.64 Å². The largest absolute Gasteiger partial charge is 0.433 e. The molecule has 2 rings (SSSR count). The number of nitrogens with two attached hydrogens (primary N) is 1. The summed E-state index contributed by atoms with van der Waals surface area (Å²) in [5.74, 6) is 0.693. The molecule has 0 aromatic heterocycles. The van der Waals surface area contributed by atoms with Crippen molar-refractivity contribution in [2.24, 2.45) is 5.50 Å². The molecule has 2 aromatic carbocycles. The molecule has 0 saturated carbocycles. The molecule has 5 heteroatoms. The molecule has 0 heterocycles. The third-order valence-corrected chi connectivity index (χ3v) is 4.53. The molecular formula is C16H20NO2PS. The minimum atomic E-state index is -2.74. The van der Waals surface area contributed by atoms with Crippen LogP contribution in [0.4, 0.5) is 0 Å². The van der Waals surface area contributed by atoms with Crippen LogP contribution in [0.2, 0.25) is 0 Å². The maximum Gasteiger partial charge on any atom is 0.310 e. The molecule has 0 fully saturated rings. The summed E-state index contributed by atoms with van der Waals surface area (Å²) in [4.78, 5) is 0. The molecule has 0 bridgehead atoms. The smallest absolute Gasteiger partial charge is 0.310 e. The van der Waals surface area contributed by atoms with E-state index in [0.29, 0.717) is 12.4 Å². The van der Waals surface area contributed by atoms with E-state index in [0.717, 1.165) is 23.1 Å². The van der Waals surface area contributed by atoms with E-state index in [4.69, 9.17) is 26.4 Å². The second-order valence-corrected chi connectivity index (χ2v) is 7.86. The van der Waals surface area contributed by atoms with Crippen molar-refractivity contribution >= 4 is 18.4 Å². The first-order valence-electron chi connectivity index (χ1n) is 6.90. The zero-order valence-corrected chi connectivity index (χ0v) is 14.0. The van der Waals surface area contributed by atoms with Gasteiger partial charge in [-0.05, 0) is 47.9 Å². The third kappa shape index (κ3) is 4.65. The Morgan fingerprint density at radius 3 is 2.48 bits per heavy atom. The second-order valence-electron chi connectivity index (χ2n) is 4.81. The lowest BCUT2D eigenvalue weighted by atomic mass is 10.0. The molecule has 0 aliphatic rings. The van der Waals surface area contributed by atoms with Gasteiger partial charge in [0.25, 0.3) is 0 Å². The van der Waals surface area contributed by atoms with Gasteiger partial charge in [-0.15, -0.1) is 0 Å². The maximum atomic E-state index is 5.97. The maximum absolute atomic E-state index is 5.97. The van der Waals surface area contributed by atoms with Gasteiger partial charge in [-0.1, -0.05) is 49.4 Å². The van der Waals surface area contributed by atoms with Crippen LogP contribution in [0.1, 0.15) is 18.9 Å². The first kappa shape index (κ1) is 16.2. The Hall–Kier alpha value is -1.19. The van der Waals surface area contributed by atoms with Crippen molar-refractivity contribution in [2.75, 3.05) is 6.61 Å². The Labute approximate surface area is 131 Å². The zero-order valence-electron chi connectivity index (χ0n) is 12.3. The molecule has 0 aliphatic carbocycles. The van der Waals surface area contributed by atoms with Crippen molar-refractivity contribution in [3.05, 3.63) is 54.1 Å². The Kier molecular flexibility index (Phi) is 5.54. The van der Waals surface area contributed by atoms with Crippen LogP contribution in [0.5, 0.6) is 5.75 Å². The summed E-state index contributed by atoms with van der Waals surface area (Å²) in [6, 6.07) is 16.2. The van der Waals surface area contributed by atoms with Gasteiger partial charge in [0.15, 0.2) is 0 Å². The molecule has 0 amide bonds. The van der Waals surface area contributed by atoms with Gasteiger partial charge in [-0.2, -0.15) is 0 Å². The highest BCUT2D eigenvalue weighted by Crippen LogP contribution is 2.42. The fourth-order valence-electron chi connectivity index (χ4n) is 1.89. The molecule has 2 aromatic rings. The number of aryl methyl sites for hydroxylation is 1. The van der Waals surface area contributed by atoms with Gasteiger partial charge < -0.3 is 9.05 Å². The van der Waals surface area contributed by atoms with Crippen molar-refractivity contribution < 1.29 is 9.05 Å². The number of rotatable bonds is 6. The van der Waals surface area contributed by atoms with Gasteiger partial charge in [0.1, 0.15) is 5.75 Å². The van der Waals surface area contributed by atoms with Crippen LogP contribution < -0.4 is 10.0 Å². The van der Waals surface area contributed by atoms with Crippen molar-refractivity contribution in [1.29, 1.82) is 0 Å². The van der Waals surface area contributed by atoms with Crippen LogP contribution in [0.25, 0.3) is 11.1 Å². The molecule has 3 nitrogen and oxygen atoms in total. The fraction of sp³-hybridized carbons (Fsp3) is 0.250. The Balaban J connectivity index is 2.26. The number of hydrogen-bond acceptors (Lipinski definition) is 3. The zero-order chi connectivity index (χ0) is 15.3. The molecule has 0 saturated heterocycles. The van der Waals surface area contributed by atoms with Crippen molar-refractivity contribution in [2.45, 2.75) is 20.3 Å². The first-order chi connectivity index (χ1) is 10.0. The monoisotopic (exact) mass is 321 g/mol. The minimum Gasteiger partial charge on any atom is -0.433 e. The molecule has 0 radical (unpaired) electrons. The van der Waals surface area contributed by atoms with E-state index >= 15 is 0 Å². The van der Waals surface area contributed by atoms with Crippen molar-refractivity contribution in [3.63, 3.8) is 0 Å². The van der Waals surface area contributed by atoms with Crippen LogP contribution >= 0.6 is 6.64 Å². The Morgan fingerprint density at radius 1 is 1.10 bits per heavy atom. The summed E-state index contributed by atoms with van der Waals surface area (Å²) in [6.07, 6.45) is 0.863. The molecule has 0 spiro atoms. The second kappa shape index (κ2) is 7.19. The van der Waals surface area contributed by atoms with Crippen LogP contribution in [0.3, 0.4) is 0 Å². The lowest BCUT2D eigenvalue weighted by molar-refractivity contribution is 0.311. The van der Waals surface area contributed by atoms with E-state index in [2.05, 4.69) is 18.2 Å². The predicted octanol–water partition coefficient (Wildman–Crippen LogP) is 4.65. The fourth-order valence-corrected chi connectivity index (χ4v) is 3.32. The summed E-state index contributed by atoms with van der Waals surface area (Å²) in [5.41, 5.74) is 9.17. The van der Waals surface area contributed by atoms with E-state index in [1.807, 2.05) is 44.2 Å². The van der Waals surface area contributed by atoms with Gasteiger partial charge in [0.2, 0.25) is 0 Å². The van der Waals surface area contributed by atoms with Gasteiger partial charge >= 0.3 is 6.64 Å². The highest BCUT2D eigenvalue weighted by molar-refractivity contribution is 8.09. The van der Waals surface area contributed by atoms with Gasteiger partial charge in [0.05, 0.1) is 6.61 Å². The van der Waals surface area contributed by atoms with E-state index in [1.54, 1.807) is 0 Å². The van der Waals surface area contributed by atoms with E-state index in [-0.39, 0.29) is 0 Å². The van der Waals surface area contributed by atoms with E-state index in [9.17, 15) is 0 Å². The molecule has 112 valence electrons. The normalized spacial score (nSPS) is 13.7. The van der Waals surface area contributed by atoms with Crippen LogP contribution in [0, 0.1) is 6.92 Å². The lowest BCUT2D eigenvalue weighted by Crippen LogP contribution is -2.07. The van der Waals surface area contributed by atoms with Crippen LogP contribution in [0.15, 0.2) is 48.5 Å². The van der Waals surface area contributed by atoms with Gasteiger partial charge in [0, 0.05) is 0 Å². The average molecular weight is 321 g/mol. The summed E-state index contributed by atoms with van der Waals surface area (Å²) in [6.45, 7) is 1.77. The Morgan fingerprint density at radius 2 is 1.81 bits per heavy atom. The third-order valence-electron chi connectivity index (χ3n) is 3.00. The highest BCUT2D eigenvalue weighted by atomic mass is 32.5. The quantitative estimate of drug-likeness (QED) is 0.787. The topological polar surface area (TPSA) is 44.5 Å². The first-order valence-corrected chi connectivity index (χ1v) is 9.61. The summed E-state index contributed by atoms with van der Waals surface area (Å²) in [7, 11) is 0. The molecule has 0 aliphatic heterocycles. The lowest BCUT2D eigenvalue weighted by Gasteiger charge is -2.19. The van der Waals surface area contributed by atoms with Crippen LogP contribution in [-0.4, -0.2) is 6.61 Å². The molecule has 1 atom stereocenters. The van der Waals surface area contributed by atoms with Crippen molar-refractivity contribution in [3.8, 4) is 16.9 Å². The molecular weight excluding hydrogens is 301 g/mol. The Bertz CT molecular complexity index is 646. The molecule has 21 heavy (non-hydrogen) atoms. The number of benzene rings is 2. The highest BCUT2D eigenvalue weighted by Gasteiger charge is 2.16. The van der Waals surface area contributed by atoms with Crippen LogP contribution in [-0.2, 0) is 16.3 Å². The summed E-state index contributed by atoms with van der Waals surface area (Å²) in [5, 5.41) is 0. The number of hydrogen-bond donors (Lipinski definition) is 1. The van der Waals surface area contributed by atoms with Gasteiger partial charge in [-0.25, -0.2) is 5.50 Å². The van der Waals surface area contributed by atoms with Gasteiger partial charge in [-0.3, -0.25) is 0 Å². The molecule has 2 N–H and O–H groups in total. The SMILES string of the molecule is CCCOP(N)(=S)Oc1cc(-c2ccccc2)ccc1C. The standard InChI is InChI=1S/C16H20NO2PS/c1-3-11-18-20(17,21)19-16-12-15(10-9-13(16)2)14-7-5-4-6-8-14/h4-10,12H,3,11H2,1-2H3,(H2,17,21). The average Bonchev–Trinajstić information content (AvgIpc) is 2.48. The molecule has 1 unspecified atom stereocenters. The summed E-state index contributed by atoms with van der Waals surface area (Å²) < 4.78 is 11.2. The predicted molar refractivity (Wildman–Crippen MR) is 92.0 cm³/mol. The summed E-state index contributed by atoms with van der Waals surface area (Å²) >= 11 is 5.25. The van der Waals surface area contributed by atoms with E-state index in [1.165, 1.54) is 0 Å². The minimum absolute atomic E-state index is 0.519.